The zero-order valence-electron chi connectivity index (χ0n) is 13.4. The highest BCUT2D eigenvalue weighted by Crippen LogP contribution is 2.36. The quantitative estimate of drug-likeness (QED) is 0.744. The number of ether oxygens (including phenoxy) is 2. The third kappa shape index (κ3) is 5.66. The molecule has 5 nitrogen and oxygen atoms in total. The number of carbonyl (C=O) groups excluding carboxylic acids is 1. The van der Waals surface area contributed by atoms with Gasteiger partial charge in [0, 0.05) is 17.6 Å². The molecule has 22 heavy (non-hydrogen) atoms. The van der Waals surface area contributed by atoms with E-state index >= 15 is 0 Å². The number of nitrogens with one attached hydrogen (secondary N) is 1. The van der Waals surface area contributed by atoms with Crippen molar-refractivity contribution in [1.29, 1.82) is 0 Å². The van der Waals surface area contributed by atoms with E-state index in [9.17, 15) is 4.79 Å². The second-order valence-electron chi connectivity index (χ2n) is 5.38. The van der Waals surface area contributed by atoms with E-state index in [0.717, 1.165) is 6.42 Å². The fourth-order valence-electron chi connectivity index (χ4n) is 1.63. The molecule has 126 valence electrons. The average molecular weight is 396 g/mol. The first-order chi connectivity index (χ1) is 9.84. The van der Waals surface area contributed by atoms with Crippen LogP contribution in [0.15, 0.2) is 16.6 Å². The SMILES string of the molecule is CCCOc1c(Br)cc(C(=O)NC(C)(C)CN)cc1OC.Cl. The molecule has 0 saturated heterocycles. The van der Waals surface area contributed by atoms with Crippen LogP contribution >= 0.6 is 28.3 Å². The van der Waals surface area contributed by atoms with Crippen molar-refractivity contribution in [2.24, 2.45) is 5.73 Å². The molecular weight excluding hydrogens is 372 g/mol. The van der Waals surface area contributed by atoms with E-state index in [4.69, 9.17) is 15.2 Å². The minimum absolute atomic E-state index is 0. The van der Waals surface area contributed by atoms with Gasteiger partial charge in [-0.05, 0) is 48.3 Å². The Morgan fingerprint density at radius 2 is 2.05 bits per heavy atom. The van der Waals surface area contributed by atoms with E-state index in [1.165, 1.54) is 0 Å². The molecule has 0 unspecified atom stereocenters. The van der Waals surface area contributed by atoms with Crippen LogP contribution in [0, 0.1) is 0 Å². The maximum atomic E-state index is 12.3. The number of carbonyl (C=O) groups is 1. The van der Waals surface area contributed by atoms with Crippen molar-refractivity contribution >= 4 is 34.2 Å². The summed E-state index contributed by atoms with van der Waals surface area (Å²) in [6, 6.07) is 3.38. The fraction of sp³-hybridized carbons (Fsp3) is 0.533. The number of benzene rings is 1. The number of hydrogen-bond acceptors (Lipinski definition) is 4. The van der Waals surface area contributed by atoms with Crippen LogP contribution in [0.3, 0.4) is 0 Å². The molecular formula is C15H24BrClN2O3. The monoisotopic (exact) mass is 394 g/mol. The molecule has 0 saturated carbocycles. The van der Waals surface area contributed by atoms with Crippen molar-refractivity contribution in [2.45, 2.75) is 32.7 Å². The number of halogens is 2. The molecule has 0 spiro atoms. The van der Waals surface area contributed by atoms with Gasteiger partial charge in [-0.1, -0.05) is 6.92 Å². The lowest BCUT2D eigenvalue weighted by atomic mass is 10.1. The molecule has 0 aliphatic heterocycles. The molecule has 0 aliphatic carbocycles. The predicted molar refractivity (Wildman–Crippen MR) is 94.3 cm³/mol. The van der Waals surface area contributed by atoms with Crippen molar-refractivity contribution in [2.75, 3.05) is 20.3 Å². The Morgan fingerprint density at radius 1 is 1.41 bits per heavy atom. The van der Waals surface area contributed by atoms with Gasteiger partial charge in [0.25, 0.3) is 5.91 Å². The Balaban J connectivity index is 0.00000441. The first-order valence-electron chi connectivity index (χ1n) is 6.87. The van der Waals surface area contributed by atoms with E-state index in [0.29, 0.717) is 34.7 Å². The molecule has 0 bridgehead atoms. The van der Waals surface area contributed by atoms with Crippen molar-refractivity contribution in [3.63, 3.8) is 0 Å². The summed E-state index contributed by atoms with van der Waals surface area (Å²) in [6.45, 7) is 6.71. The van der Waals surface area contributed by atoms with Gasteiger partial charge in [0.2, 0.25) is 0 Å². The first kappa shape index (κ1) is 21.0. The zero-order chi connectivity index (χ0) is 16.0. The Hall–Kier alpha value is -0.980. The average Bonchev–Trinajstić information content (AvgIpc) is 2.44. The summed E-state index contributed by atoms with van der Waals surface area (Å²) in [5.41, 5.74) is 5.65. The van der Waals surface area contributed by atoms with Crippen LogP contribution in [-0.4, -0.2) is 31.7 Å². The summed E-state index contributed by atoms with van der Waals surface area (Å²) in [4.78, 5) is 12.3. The van der Waals surface area contributed by atoms with Crippen LogP contribution in [0.2, 0.25) is 0 Å². The van der Waals surface area contributed by atoms with Gasteiger partial charge in [-0.3, -0.25) is 4.79 Å². The maximum Gasteiger partial charge on any atom is 0.251 e. The van der Waals surface area contributed by atoms with E-state index in [1.807, 2.05) is 20.8 Å². The van der Waals surface area contributed by atoms with Gasteiger partial charge in [0.15, 0.2) is 11.5 Å². The van der Waals surface area contributed by atoms with Gasteiger partial charge in [0.1, 0.15) is 0 Å². The molecule has 0 heterocycles. The summed E-state index contributed by atoms with van der Waals surface area (Å²) in [6.07, 6.45) is 0.891. The van der Waals surface area contributed by atoms with Crippen molar-refractivity contribution < 1.29 is 14.3 Å². The predicted octanol–water partition coefficient (Wildman–Crippen LogP) is 3.14. The van der Waals surface area contributed by atoms with Gasteiger partial charge in [-0.2, -0.15) is 0 Å². The van der Waals surface area contributed by atoms with Crippen LogP contribution < -0.4 is 20.5 Å². The highest BCUT2D eigenvalue weighted by atomic mass is 79.9. The minimum atomic E-state index is -0.464. The third-order valence-corrected chi connectivity index (χ3v) is 3.49. The van der Waals surface area contributed by atoms with Crippen LogP contribution in [0.1, 0.15) is 37.6 Å². The highest BCUT2D eigenvalue weighted by Gasteiger charge is 2.21. The summed E-state index contributed by atoms with van der Waals surface area (Å²) in [7, 11) is 1.55. The summed E-state index contributed by atoms with van der Waals surface area (Å²) in [5.74, 6) is 0.925. The van der Waals surface area contributed by atoms with Gasteiger partial charge in [0.05, 0.1) is 18.2 Å². The van der Waals surface area contributed by atoms with Crippen molar-refractivity contribution in [3.05, 3.63) is 22.2 Å². The number of amides is 1. The van der Waals surface area contributed by atoms with Gasteiger partial charge >= 0.3 is 0 Å². The van der Waals surface area contributed by atoms with Gasteiger partial charge < -0.3 is 20.5 Å². The summed E-state index contributed by atoms with van der Waals surface area (Å²) < 4.78 is 11.6. The second-order valence-corrected chi connectivity index (χ2v) is 6.23. The number of methoxy groups -OCH3 is 1. The molecule has 0 aromatic heterocycles. The molecule has 1 aromatic carbocycles. The normalized spacial score (nSPS) is 10.6. The Bertz CT molecular complexity index is 510. The lowest BCUT2D eigenvalue weighted by Gasteiger charge is -2.24. The molecule has 0 radical (unpaired) electrons. The van der Waals surface area contributed by atoms with Crippen LogP contribution in [0.4, 0.5) is 0 Å². The standard InChI is InChI=1S/C15H23BrN2O3.ClH/c1-5-6-21-13-11(16)7-10(8-12(13)20-4)14(19)18-15(2,3)9-17;/h7-8H,5-6,9,17H2,1-4H3,(H,18,19);1H. The Morgan fingerprint density at radius 3 is 2.55 bits per heavy atom. The number of nitrogens with two attached hydrogens (primary N) is 1. The van der Waals surface area contributed by atoms with Crippen LogP contribution in [-0.2, 0) is 0 Å². The molecule has 1 aromatic rings. The number of hydrogen-bond donors (Lipinski definition) is 2. The van der Waals surface area contributed by atoms with Crippen molar-refractivity contribution in [1.82, 2.24) is 5.32 Å². The minimum Gasteiger partial charge on any atom is -0.493 e. The van der Waals surface area contributed by atoms with E-state index < -0.39 is 5.54 Å². The highest BCUT2D eigenvalue weighted by molar-refractivity contribution is 9.10. The maximum absolute atomic E-state index is 12.3. The number of rotatable bonds is 7. The first-order valence-corrected chi connectivity index (χ1v) is 7.66. The lowest BCUT2D eigenvalue weighted by molar-refractivity contribution is 0.0915. The topological polar surface area (TPSA) is 73.6 Å². The zero-order valence-corrected chi connectivity index (χ0v) is 15.8. The summed E-state index contributed by atoms with van der Waals surface area (Å²) in [5, 5.41) is 2.88. The molecule has 7 heteroatoms. The van der Waals surface area contributed by atoms with Crippen LogP contribution in [0.5, 0.6) is 11.5 Å². The van der Waals surface area contributed by atoms with E-state index in [-0.39, 0.29) is 18.3 Å². The fourth-order valence-corrected chi connectivity index (χ4v) is 2.18. The Labute approximate surface area is 146 Å². The van der Waals surface area contributed by atoms with Gasteiger partial charge in [-0.15, -0.1) is 12.4 Å². The second kappa shape index (κ2) is 9.22. The molecule has 0 aliphatic rings. The van der Waals surface area contributed by atoms with Crippen molar-refractivity contribution in [3.8, 4) is 11.5 Å². The largest absolute Gasteiger partial charge is 0.493 e. The van der Waals surface area contributed by atoms with Crippen LogP contribution in [0.25, 0.3) is 0 Å². The third-order valence-electron chi connectivity index (χ3n) is 2.90. The smallest absolute Gasteiger partial charge is 0.251 e. The van der Waals surface area contributed by atoms with Gasteiger partial charge in [-0.25, -0.2) is 0 Å². The molecule has 1 amide bonds. The molecule has 0 atom stereocenters. The van der Waals surface area contributed by atoms with E-state index in [1.54, 1.807) is 19.2 Å². The summed E-state index contributed by atoms with van der Waals surface area (Å²) >= 11 is 3.42. The van der Waals surface area contributed by atoms with E-state index in [2.05, 4.69) is 21.2 Å². The molecule has 3 N–H and O–H groups in total. The Kier molecular flexibility index (Phi) is 8.81. The molecule has 0 fully saturated rings. The lowest BCUT2D eigenvalue weighted by Crippen LogP contribution is -2.48. The molecule has 1 rings (SSSR count).